The van der Waals surface area contributed by atoms with Crippen molar-refractivity contribution in [2.45, 2.75) is 25.6 Å². The summed E-state index contributed by atoms with van der Waals surface area (Å²) in [5.41, 5.74) is 0. The van der Waals surface area contributed by atoms with Gasteiger partial charge in [0.25, 0.3) is 0 Å². The molecule has 0 bridgehead atoms. The second kappa shape index (κ2) is 5.55. The molecule has 1 atom stereocenters. The van der Waals surface area contributed by atoms with Crippen LogP contribution in [-0.4, -0.2) is 65.2 Å². The monoisotopic (exact) mass is 268 g/mol. The average molecular weight is 268 g/mol. The van der Waals surface area contributed by atoms with Crippen molar-refractivity contribution in [1.29, 1.82) is 0 Å². The van der Waals surface area contributed by atoms with Gasteiger partial charge in [-0.1, -0.05) is 0 Å². The predicted molar refractivity (Wildman–Crippen MR) is 55.9 cm³/mol. The molecule has 1 saturated heterocycles. The number of amides is 1. The van der Waals surface area contributed by atoms with Gasteiger partial charge in [-0.15, -0.1) is 0 Å². The van der Waals surface area contributed by atoms with Gasteiger partial charge in [0.05, 0.1) is 0 Å². The molecule has 0 aromatic rings. The fourth-order valence-electron chi connectivity index (χ4n) is 1.80. The van der Waals surface area contributed by atoms with Crippen LogP contribution in [0.25, 0.3) is 0 Å². The normalized spacial score (nSPS) is 19.7. The molecule has 1 N–H and O–H groups in total. The fraction of sp³-hybridized carbons (Fsp3) is 0.800. The molecule has 18 heavy (non-hydrogen) atoms. The Morgan fingerprint density at radius 2 is 1.72 bits per heavy atom. The Morgan fingerprint density at radius 3 is 2.11 bits per heavy atom. The van der Waals surface area contributed by atoms with Gasteiger partial charge >= 0.3 is 12.1 Å². The Hall–Kier alpha value is -1.31. The van der Waals surface area contributed by atoms with Gasteiger partial charge in [-0.2, -0.15) is 13.2 Å². The highest BCUT2D eigenvalue weighted by atomic mass is 19.4. The first kappa shape index (κ1) is 14.7. The van der Waals surface area contributed by atoms with Crippen molar-refractivity contribution in [3.63, 3.8) is 0 Å². The Morgan fingerprint density at radius 1 is 1.22 bits per heavy atom. The van der Waals surface area contributed by atoms with Crippen LogP contribution in [-0.2, 0) is 9.59 Å². The summed E-state index contributed by atoms with van der Waals surface area (Å²) in [5.74, 6) is -1.94. The lowest BCUT2D eigenvalue weighted by atomic mass is 10.2. The van der Waals surface area contributed by atoms with Crippen LogP contribution >= 0.6 is 0 Å². The second-order valence-corrected chi connectivity index (χ2v) is 4.22. The van der Waals surface area contributed by atoms with Crippen molar-refractivity contribution in [3.8, 4) is 0 Å². The molecule has 0 radical (unpaired) electrons. The molecule has 1 aliphatic heterocycles. The number of carbonyl (C=O) groups excluding carboxylic acids is 1. The van der Waals surface area contributed by atoms with E-state index >= 15 is 0 Å². The maximum atomic E-state index is 12.0. The van der Waals surface area contributed by atoms with Crippen LogP contribution in [0.2, 0.25) is 0 Å². The van der Waals surface area contributed by atoms with Gasteiger partial charge < -0.3 is 10.0 Å². The van der Waals surface area contributed by atoms with E-state index < -0.39 is 30.5 Å². The van der Waals surface area contributed by atoms with E-state index in [0.29, 0.717) is 0 Å². The van der Waals surface area contributed by atoms with Gasteiger partial charge in [0.1, 0.15) is 12.5 Å². The number of halogens is 3. The first-order chi connectivity index (χ1) is 8.20. The van der Waals surface area contributed by atoms with Crippen molar-refractivity contribution in [3.05, 3.63) is 0 Å². The van der Waals surface area contributed by atoms with E-state index in [4.69, 9.17) is 5.11 Å². The standard InChI is InChI=1S/C10H15F3N2O3/c1-7(9(17)18)14-2-4-15(5-3-14)8(16)6-10(11,12)13/h7H,2-6H2,1H3,(H,17,18). The van der Waals surface area contributed by atoms with Crippen molar-refractivity contribution < 1.29 is 27.9 Å². The van der Waals surface area contributed by atoms with Gasteiger partial charge in [-0.3, -0.25) is 14.5 Å². The number of hydrogen-bond donors (Lipinski definition) is 1. The van der Waals surface area contributed by atoms with Gasteiger partial charge in [0.15, 0.2) is 0 Å². The number of carbonyl (C=O) groups is 2. The molecular formula is C10H15F3N2O3. The topological polar surface area (TPSA) is 60.9 Å². The number of rotatable bonds is 3. The highest BCUT2D eigenvalue weighted by molar-refractivity contribution is 5.77. The smallest absolute Gasteiger partial charge is 0.397 e. The third-order valence-electron chi connectivity index (χ3n) is 2.92. The fourth-order valence-corrected chi connectivity index (χ4v) is 1.80. The minimum absolute atomic E-state index is 0.131. The van der Waals surface area contributed by atoms with E-state index in [-0.39, 0.29) is 26.2 Å². The molecule has 1 fully saturated rings. The van der Waals surface area contributed by atoms with Crippen molar-refractivity contribution in [1.82, 2.24) is 9.80 Å². The van der Waals surface area contributed by atoms with Crippen LogP contribution in [0, 0.1) is 0 Å². The molecule has 0 aromatic heterocycles. The number of piperazine rings is 1. The molecule has 1 unspecified atom stereocenters. The third-order valence-corrected chi connectivity index (χ3v) is 2.92. The van der Waals surface area contributed by atoms with Crippen LogP contribution in [0.5, 0.6) is 0 Å². The zero-order valence-electron chi connectivity index (χ0n) is 9.90. The highest BCUT2D eigenvalue weighted by Gasteiger charge is 2.35. The van der Waals surface area contributed by atoms with Crippen LogP contribution < -0.4 is 0 Å². The molecule has 5 nitrogen and oxygen atoms in total. The first-order valence-electron chi connectivity index (χ1n) is 5.52. The highest BCUT2D eigenvalue weighted by Crippen LogP contribution is 2.21. The molecule has 1 aliphatic rings. The van der Waals surface area contributed by atoms with Crippen LogP contribution in [0.4, 0.5) is 13.2 Å². The third kappa shape index (κ3) is 4.17. The summed E-state index contributed by atoms with van der Waals surface area (Å²) in [6.45, 7) is 2.32. The lowest BCUT2D eigenvalue weighted by Gasteiger charge is -2.36. The largest absolute Gasteiger partial charge is 0.480 e. The SMILES string of the molecule is CC(C(=O)O)N1CCN(C(=O)CC(F)(F)F)CC1. The summed E-state index contributed by atoms with van der Waals surface area (Å²) in [7, 11) is 0. The minimum atomic E-state index is -4.50. The molecule has 0 spiro atoms. The first-order valence-corrected chi connectivity index (χ1v) is 5.52. The molecule has 104 valence electrons. The molecule has 1 heterocycles. The van der Waals surface area contributed by atoms with E-state index in [0.717, 1.165) is 4.90 Å². The number of alkyl halides is 3. The van der Waals surface area contributed by atoms with Gasteiger partial charge in [-0.05, 0) is 6.92 Å². The Kier molecular flexibility index (Phi) is 4.55. The van der Waals surface area contributed by atoms with Gasteiger partial charge in [-0.25, -0.2) is 0 Å². The molecular weight excluding hydrogens is 253 g/mol. The maximum Gasteiger partial charge on any atom is 0.397 e. The maximum absolute atomic E-state index is 12.0. The van der Waals surface area contributed by atoms with Crippen molar-refractivity contribution >= 4 is 11.9 Å². The van der Waals surface area contributed by atoms with Gasteiger partial charge in [0, 0.05) is 26.2 Å². The Bertz CT molecular complexity index is 325. The molecule has 0 aliphatic carbocycles. The second-order valence-electron chi connectivity index (χ2n) is 4.22. The average Bonchev–Trinajstić information content (AvgIpc) is 2.26. The van der Waals surface area contributed by atoms with Crippen molar-refractivity contribution in [2.24, 2.45) is 0 Å². The summed E-state index contributed by atoms with van der Waals surface area (Å²) < 4.78 is 36.1. The molecule has 1 rings (SSSR count). The number of nitrogens with zero attached hydrogens (tertiary/aromatic N) is 2. The van der Waals surface area contributed by atoms with E-state index in [2.05, 4.69) is 0 Å². The summed E-state index contributed by atoms with van der Waals surface area (Å²) in [6.07, 6.45) is -5.95. The summed E-state index contributed by atoms with van der Waals surface area (Å²) in [6, 6.07) is -0.690. The van der Waals surface area contributed by atoms with Crippen LogP contribution in [0.15, 0.2) is 0 Å². The van der Waals surface area contributed by atoms with Crippen molar-refractivity contribution in [2.75, 3.05) is 26.2 Å². The molecule has 0 saturated carbocycles. The number of carboxylic acid groups (broad SMARTS) is 1. The summed E-state index contributed by atoms with van der Waals surface area (Å²) in [5, 5.41) is 8.79. The lowest BCUT2D eigenvalue weighted by molar-refractivity contribution is -0.162. The molecule has 8 heteroatoms. The minimum Gasteiger partial charge on any atom is -0.480 e. The van der Waals surface area contributed by atoms with E-state index in [9.17, 15) is 22.8 Å². The van der Waals surface area contributed by atoms with Gasteiger partial charge in [0.2, 0.25) is 5.91 Å². The van der Waals surface area contributed by atoms with E-state index in [1.807, 2.05) is 0 Å². The molecule has 1 amide bonds. The zero-order valence-corrected chi connectivity index (χ0v) is 9.90. The number of aliphatic carboxylic acids is 1. The van der Waals surface area contributed by atoms with Crippen LogP contribution in [0.1, 0.15) is 13.3 Å². The summed E-state index contributed by atoms with van der Waals surface area (Å²) >= 11 is 0. The molecule has 0 aromatic carbocycles. The number of carboxylic acids is 1. The Labute approximate surface area is 102 Å². The predicted octanol–water partition coefficient (Wildman–Crippen LogP) is 0.556. The quantitative estimate of drug-likeness (QED) is 0.812. The zero-order chi connectivity index (χ0) is 13.9. The number of hydrogen-bond acceptors (Lipinski definition) is 3. The van der Waals surface area contributed by atoms with E-state index in [1.165, 1.54) is 6.92 Å². The lowest BCUT2D eigenvalue weighted by Crippen LogP contribution is -2.53. The van der Waals surface area contributed by atoms with E-state index in [1.54, 1.807) is 4.90 Å². The van der Waals surface area contributed by atoms with Crippen LogP contribution in [0.3, 0.4) is 0 Å². The summed E-state index contributed by atoms with van der Waals surface area (Å²) in [4.78, 5) is 24.8. The Balaban J connectivity index is 2.44.